The second-order valence-electron chi connectivity index (χ2n) is 3.62. The van der Waals surface area contributed by atoms with E-state index >= 15 is 0 Å². The lowest BCUT2D eigenvalue weighted by Gasteiger charge is -2.31. The Morgan fingerprint density at radius 2 is 2.60 bits per heavy atom. The minimum Gasteiger partial charge on any atom is -0.380 e. The third-order valence-corrected chi connectivity index (χ3v) is 3.24. The van der Waals surface area contributed by atoms with Gasteiger partial charge in [0.1, 0.15) is 5.69 Å². The maximum Gasteiger partial charge on any atom is 0.273 e. The summed E-state index contributed by atoms with van der Waals surface area (Å²) in [6.07, 6.45) is 2.23. The van der Waals surface area contributed by atoms with Crippen LogP contribution in [0.25, 0.3) is 0 Å². The molecule has 1 atom stereocenters. The Morgan fingerprint density at radius 3 is 3.27 bits per heavy atom. The second kappa shape index (κ2) is 4.72. The highest BCUT2D eigenvalue weighted by Crippen LogP contribution is 2.15. The van der Waals surface area contributed by atoms with Crippen molar-refractivity contribution in [1.82, 2.24) is 9.88 Å². The Balaban J connectivity index is 2.01. The summed E-state index contributed by atoms with van der Waals surface area (Å²) in [6, 6.07) is 0. The Bertz CT molecular complexity index is 326. The smallest absolute Gasteiger partial charge is 0.273 e. The topological polar surface area (TPSA) is 42.4 Å². The van der Waals surface area contributed by atoms with Gasteiger partial charge in [0.15, 0.2) is 0 Å². The lowest BCUT2D eigenvalue weighted by Crippen LogP contribution is -2.43. The van der Waals surface area contributed by atoms with E-state index in [1.807, 2.05) is 4.90 Å². The highest BCUT2D eigenvalue weighted by atomic mass is 32.1. The van der Waals surface area contributed by atoms with E-state index in [0.717, 1.165) is 19.4 Å². The molecule has 0 bridgehead atoms. The minimum atomic E-state index is 0.0259. The number of ether oxygens (including phenoxy) is 1. The molecule has 2 rings (SSSR count). The summed E-state index contributed by atoms with van der Waals surface area (Å²) in [6.45, 7) is 1.50. The molecule has 1 unspecified atom stereocenters. The van der Waals surface area contributed by atoms with E-state index < -0.39 is 0 Å². The molecule has 0 spiro atoms. The summed E-state index contributed by atoms with van der Waals surface area (Å²) in [5.41, 5.74) is 2.24. The normalized spacial score (nSPS) is 21.7. The average Bonchev–Trinajstić information content (AvgIpc) is 2.81. The fourth-order valence-corrected chi connectivity index (χ4v) is 2.32. The largest absolute Gasteiger partial charge is 0.380 e. The molecule has 1 saturated heterocycles. The quantitative estimate of drug-likeness (QED) is 0.765. The Hall–Kier alpha value is -0.940. The maximum atomic E-state index is 11.9. The highest BCUT2D eigenvalue weighted by Gasteiger charge is 2.24. The highest BCUT2D eigenvalue weighted by molar-refractivity contribution is 7.07. The van der Waals surface area contributed by atoms with E-state index in [1.54, 1.807) is 18.0 Å². The van der Waals surface area contributed by atoms with Crippen LogP contribution in [-0.4, -0.2) is 42.1 Å². The van der Waals surface area contributed by atoms with Gasteiger partial charge in [0.05, 0.1) is 11.6 Å². The molecule has 0 saturated carbocycles. The van der Waals surface area contributed by atoms with Crippen LogP contribution < -0.4 is 0 Å². The molecular formula is C10H14N2O2S. The SMILES string of the molecule is COC1CCCN(C(=O)c2cscn2)C1. The van der Waals surface area contributed by atoms with E-state index in [0.29, 0.717) is 12.2 Å². The predicted molar refractivity (Wildman–Crippen MR) is 58.0 cm³/mol. The standard InChI is InChI=1S/C10H14N2O2S/c1-14-8-3-2-4-12(5-8)10(13)9-6-15-7-11-9/h6-8H,2-5H2,1H3. The number of rotatable bonds is 2. The van der Waals surface area contributed by atoms with Gasteiger partial charge in [0.25, 0.3) is 5.91 Å². The number of amides is 1. The molecule has 0 aromatic carbocycles. The first-order chi connectivity index (χ1) is 7.31. The van der Waals surface area contributed by atoms with Crippen LogP contribution in [0.5, 0.6) is 0 Å². The maximum absolute atomic E-state index is 11.9. The summed E-state index contributed by atoms with van der Waals surface area (Å²) in [5, 5.41) is 1.79. The first-order valence-electron chi connectivity index (χ1n) is 5.01. The third-order valence-electron chi connectivity index (χ3n) is 2.65. The van der Waals surface area contributed by atoms with Gasteiger partial charge in [-0.1, -0.05) is 0 Å². The zero-order valence-corrected chi connectivity index (χ0v) is 9.50. The van der Waals surface area contributed by atoms with Gasteiger partial charge in [-0.15, -0.1) is 11.3 Å². The number of hydrogen-bond donors (Lipinski definition) is 0. The lowest BCUT2D eigenvalue weighted by molar-refractivity contribution is 0.0266. The van der Waals surface area contributed by atoms with Crippen molar-refractivity contribution in [3.05, 3.63) is 16.6 Å². The third kappa shape index (κ3) is 2.35. The first kappa shape index (κ1) is 10.6. The number of nitrogens with zero attached hydrogens (tertiary/aromatic N) is 2. The lowest BCUT2D eigenvalue weighted by atomic mass is 10.1. The minimum absolute atomic E-state index is 0.0259. The number of methoxy groups -OCH3 is 1. The van der Waals surface area contributed by atoms with Crippen LogP contribution in [0.1, 0.15) is 23.3 Å². The molecule has 1 aromatic heterocycles. The molecule has 1 aromatic rings. The summed E-state index contributed by atoms with van der Waals surface area (Å²) < 4.78 is 5.28. The summed E-state index contributed by atoms with van der Waals surface area (Å²) in [5.74, 6) is 0.0259. The van der Waals surface area contributed by atoms with Crippen molar-refractivity contribution in [2.75, 3.05) is 20.2 Å². The van der Waals surface area contributed by atoms with Gasteiger partial charge in [-0.2, -0.15) is 0 Å². The molecule has 0 N–H and O–H groups in total. The van der Waals surface area contributed by atoms with Crippen LogP contribution in [0.15, 0.2) is 10.9 Å². The van der Waals surface area contributed by atoms with E-state index in [1.165, 1.54) is 11.3 Å². The van der Waals surface area contributed by atoms with Crippen molar-refractivity contribution in [3.8, 4) is 0 Å². The van der Waals surface area contributed by atoms with Crippen LogP contribution in [-0.2, 0) is 4.74 Å². The first-order valence-corrected chi connectivity index (χ1v) is 5.96. The number of thiazole rings is 1. The molecule has 4 nitrogen and oxygen atoms in total. The van der Waals surface area contributed by atoms with E-state index in [2.05, 4.69) is 4.98 Å². The number of piperidine rings is 1. The second-order valence-corrected chi connectivity index (χ2v) is 4.34. The number of likely N-dealkylation sites (tertiary alicyclic amines) is 1. The predicted octanol–water partition coefficient (Wildman–Crippen LogP) is 1.39. The van der Waals surface area contributed by atoms with Gasteiger partial charge in [-0.25, -0.2) is 4.98 Å². The van der Waals surface area contributed by atoms with Crippen molar-refractivity contribution in [3.63, 3.8) is 0 Å². The fraction of sp³-hybridized carbons (Fsp3) is 0.600. The van der Waals surface area contributed by atoms with Gasteiger partial charge >= 0.3 is 0 Å². The van der Waals surface area contributed by atoms with Gasteiger partial charge < -0.3 is 9.64 Å². The molecule has 82 valence electrons. The molecule has 0 radical (unpaired) electrons. The van der Waals surface area contributed by atoms with Crippen LogP contribution >= 0.6 is 11.3 Å². The van der Waals surface area contributed by atoms with Gasteiger partial charge in [-0.3, -0.25) is 4.79 Å². The molecule has 1 amide bonds. The van der Waals surface area contributed by atoms with Crippen LogP contribution in [0.4, 0.5) is 0 Å². The molecule has 1 fully saturated rings. The monoisotopic (exact) mass is 226 g/mol. The van der Waals surface area contributed by atoms with Crippen molar-refractivity contribution in [2.45, 2.75) is 18.9 Å². The van der Waals surface area contributed by atoms with Crippen LogP contribution in [0.2, 0.25) is 0 Å². The molecule has 2 heterocycles. The van der Waals surface area contributed by atoms with Crippen molar-refractivity contribution in [1.29, 1.82) is 0 Å². The fourth-order valence-electron chi connectivity index (χ4n) is 1.80. The molecule has 15 heavy (non-hydrogen) atoms. The summed E-state index contributed by atoms with van der Waals surface area (Å²) in [7, 11) is 1.70. The van der Waals surface area contributed by atoms with Crippen molar-refractivity contribution < 1.29 is 9.53 Å². The number of carbonyl (C=O) groups is 1. The molecule has 5 heteroatoms. The Kier molecular flexibility index (Phi) is 3.33. The van der Waals surface area contributed by atoms with Crippen LogP contribution in [0, 0.1) is 0 Å². The zero-order chi connectivity index (χ0) is 10.7. The molecular weight excluding hydrogens is 212 g/mol. The van der Waals surface area contributed by atoms with E-state index in [9.17, 15) is 4.79 Å². The van der Waals surface area contributed by atoms with E-state index in [-0.39, 0.29) is 12.0 Å². The summed E-state index contributed by atoms with van der Waals surface area (Å²) >= 11 is 1.45. The van der Waals surface area contributed by atoms with E-state index in [4.69, 9.17) is 4.74 Å². The number of hydrogen-bond acceptors (Lipinski definition) is 4. The number of aromatic nitrogens is 1. The molecule has 1 aliphatic rings. The Labute approximate surface area is 92.9 Å². The summed E-state index contributed by atoms with van der Waals surface area (Å²) in [4.78, 5) is 17.8. The molecule has 0 aliphatic carbocycles. The van der Waals surface area contributed by atoms with Crippen molar-refractivity contribution >= 4 is 17.2 Å². The van der Waals surface area contributed by atoms with Crippen LogP contribution in [0.3, 0.4) is 0 Å². The van der Waals surface area contributed by atoms with Gasteiger partial charge in [-0.05, 0) is 12.8 Å². The Morgan fingerprint density at radius 1 is 1.73 bits per heavy atom. The van der Waals surface area contributed by atoms with Gasteiger partial charge in [0, 0.05) is 25.6 Å². The average molecular weight is 226 g/mol. The zero-order valence-electron chi connectivity index (χ0n) is 8.68. The van der Waals surface area contributed by atoms with Gasteiger partial charge in [0.2, 0.25) is 0 Å². The molecule has 1 aliphatic heterocycles. The number of carbonyl (C=O) groups excluding carboxylic acids is 1. The van der Waals surface area contributed by atoms with Crippen molar-refractivity contribution in [2.24, 2.45) is 0 Å².